The number of hydrogen-bond acceptors (Lipinski definition) is 4. The van der Waals surface area contributed by atoms with Crippen LogP contribution < -0.4 is 5.73 Å². The number of anilines is 1. The van der Waals surface area contributed by atoms with Crippen molar-refractivity contribution in [2.24, 2.45) is 0 Å². The molecule has 0 saturated carbocycles. The summed E-state index contributed by atoms with van der Waals surface area (Å²) in [7, 11) is 0. The van der Waals surface area contributed by atoms with Gasteiger partial charge in [-0.1, -0.05) is 11.8 Å². The van der Waals surface area contributed by atoms with Crippen molar-refractivity contribution in [3.63, 3.8) is 0 Å². The maximum atomic E-state index is 13.8. The standard InChI is InChI=1S/C12H6BrF2N3S/c13-6-4-7(17)10(14)11(15)12(6)19-9-2-1-3-18-8(9)5-16/h1-4H,17H2. The minimum atomic E-state index is -1.10. The highest BCUT2D eigenvalue weighted by molar-refractivity contribution is 9.10. The van der Waals surface area contributed by atoms with Crippen molar-refractivity contribution in [2.75, 3.05) is 5.73 Å². The normalized spacial score (nSPS) is 10.2. The highest BCUT2D eigenvalue weighted by Gasteiger charge is 2.18. The summed E-state index contributed by atoms with van der Waals surface area (Å²) in [4.78, 5) is 4.32. The first-order chi connectivity index (χ1) is 9.04. The first kappa shape index (κ1) is 13.8. The molecule has 0 aliphatic heterocycles. The molecule has 2 aromatic rings. The second-order valence-electron chi connectivity index (χ2n) is 3.47. The Kier molecular flexibility index (Phi) is 4.02. The van der Waals surface area contributed by atoms with Crippen molar-refractivity contribution in [1.29, 1.82) is 5.26 Å². The lowest BCUT2D eigenvalue weighted by Gasteiger charge is -2.09. The summed E-state index contributed by atoms with van der Waals surface area (Å²) in [5, 5.41) is 8.91. The van der Waals surface area contributed by atoms with E-state index in [4.69, 9.17) is 11.0 Å². The maximum Gasteiger partial charge on any atom is 0.182 e. The molecule has 96 valence electrons. The topological polar surface area (TPSA) is 62.7 Å². The Morgan fingerprint density at radius 1 is 1.37 bits per heavy atom. The van der Waals surface area contributed by atoms with E-state index < -0.39 is 11.6 Å². The fourth-order valence-electron chi connectivity index (χ4n) is 1.36. The van der Waals surface area contributed by atoms with Gasteiger partial charge in [-0.15, -0.1) is 0 Å². The van der Waals surface area contributed by atoms with Crippen LogP contribution in [0.3, 0.4) is 0 Å². The molecular weight excluding hydrogens is 336 g/mol. The molecule has 0 saturated heterocycles. The molecule has 0 aliphatic carbocycles. The van der Waals surface area contributed by atoms with Crippen molar-refractivity contribution in [3.8, 4) is 6.07 Å². The minimum absolute atomic E-state index is 0.0243. The van der Waals surface area contributed by atoms with Gasteiger partial charge in [-0.2, -0.15) is 5.26 Å². The molecule has 1 heterocycles. The van der Waals surface area contributed by atoms with E-state index in [1.165, 1.54) is 12.3 Å². The zero-order chi connectivity index (χ0) is 14.0. The lowest BCUT2D eigenvalue weighted by molar-refractivity contribution is 0.493. The van der Waals surface area contributed by atoms with Crippen LogP contribution in [0.25, 0.3) is 0 Å². The van der Waals surface area contributed by atoms with Gasteiger partial charge in [0.25, 0.3) is 0 Å². The Labute approximate surface area is 120 Å². The minimum Gasteiger partial charge on any atom is -0.396 e. The lowest BCUT2D eigenvalue weighted by Crippen LogP contribution is -1.98. The molecule has 3 nitrogen and oxygen atoms in total. The van der Waals surface area contributed by atoms with Crippen molar-refractivity contribution < 1.29 is 8.78 Å². The molecule has 0 spiro atoms. The van der Waals surface area contributed by atoms with Gasteiger partial charge in [0.05, 0.1) is 10.6 Å². The zero-order valence-electron chi connectivity index (χ0n) is 9.32. The summed E-state index contributed by atoms with van der Waals surface area (Å²) in [5.74, 6) is -2.15. The van der Waals surface area contributed by atoms with Crippen LogP contribution in [0.4, 0.5) is 14.5 Å². The number of pyridine rings is 1. The summed E-state index contributed by atoms with van der Waals surface area (Å²) in [6.45, 7) is 0. The third kappa shape index (κ3) is 2.69. The van der Waals surface area contributed by atoms with Gasteiger partial charge in [-0.3, -0.25) is 0 Å². The molecule has 1 aromatic heterocycles. The number of hydrogen-bond donors (Lipinski definition) is 1. The SMILES string of the molecule is N#Cc1ncccc1Sc1c(Br)cc(N)c(F)c1F. The summed E-state index contributed by atoms with van der Waals surface area (Å²) in [6, 6.07) is 6.39. The molecule has 1 aromatic carbocycles. The first-order valence-electron chi connectivity index (χ1n) is 5.00. The van der Waals surface area contributed by atoms with E-state index in [0.717, 1.165) is 11.8 Å². The molecule has 0 unspecified atom stereocenters. The van der Waals surface area contributed by atoms with Gasteiger partial charge in [-0.05, 0) is 34.1 Å². The molecule has 0 amide bonds. The van der Waals surface area contributed by atoms with Gasteiger partial charge >= 0.3 is 0 Å². The van der Waals surface area contributed by atoms with Crippen molar-refractivity contribution in [2.45, 2.75) is 9.79 Å². The van der Waals surface area contributed by atoms with E-state index in [9.17, 15) is 8.78 Å². The van der Waals surface area contributed by atoms with Gasteiger partial charge in [0, 0.05) is 15.6 Å². The van der Waals surface area contributed by atoms with Gasteiger partial charge in [0.2, 0.25) is 0 Å². The summed E-state index contributed by atoms with van der Waals surface area (Å²) < 4.78 is 27.6. The van der Waals surface area contributed by atoms with Crippen LogP contribution in [0.5, 0.6) is 0 Å². The Bertz CT molecular complexity index is 685. The quantitative estimate of drug-likeness (QED) is 0.667. The Morgan fingerprint density at radius 2 is 2.11 bits per heavy atom. The predicted molar refractivity (Wildman–Crippen MR) is 71.5 cm³/mol. The molecule has 0 bridgehead atoms. The fraction of sp³-hybridized carbons (Fsp3) is 0. The Morgan fingerprint density at radius 3 is 2.79 bits per heavy atom. The smallest absolute Gasteiger partial charge is 0.182 e. The van der Waals surface area contributed by atoms with Crippen molar-refractivity contribution in [1.82, 2.24) is 4.98 Å². The average Bonchev–Trinajstić information content (AvgIpc) is 2.41. The largest absolute Gasteiger partial charge is 0.396 e. The first-order valence-corrected chi connectivity index (χ1v) is 6.61. The monoisotopic (exact) mass is 341 g/mol. The van der Waals surface area contributed by atoms with Crippen LogP contribution in [-0.2, 0) is 0 Å². The predicted octanol–water partition coefficient (Wildman–Crippen LogP) is 3.73. The van der Waals surface area contributed by atoms with Crippen LogP contribution >= 0.6 is 27.7 Å². The highest BCUT2D eigenvalue weighted by Crippen LogP contribution is 2.39. The van der Waals surface area contributed by atoms with Crippen molar-refractivity contribution >= 4 is 33.4 Å². The number of nitrogens with zero attached hydrogens (tertiary/aromatic N) is 2. The number of nitrogens with two attached hydrogens (primary N) is 1. The van der Waals surface area contributed by atoms with Gasteiger partial charge in [0.15, 0.2) is 17.3 Å². The van der Waals surface area contributed by atoms with Crippen LogP contribution in [-0.4, -0.2) is 4.98 Å². The number of nitrogen functional groups attached to an aromatic ring is 1. The third-order valence-corrected chi connectivity index (χ3v) is 4.27. The summed E-state index contributed by atoms with van der Waals surface area (Å²) in [5.41, 5.74) is 5.19. The maximum absolute atomic E-state index is 13.8. The molecule has 0 radical (unpaired) electrons. The van der Waals surface area contributed by atoms with Crippen LogP contribution in [0.2, 0.25) is 0 Å². The Balaban J connectivity index is 2.51. The van der Waals surface area contributed by atoms with Crippen LogP contribution in [0.1, 0.15) is 5.69 Å². The average molecular weight is 342 g/mol. The number of benzene rings is 1. The highest BCUT2D eigenvalue weighted by atomic mass is 79.9. The van der Waals surface area contributed by atoms with Crippen LogP contribution in [0.15, 0.2) is 38.7 Å². The van der Waals surface area contributed by atoms with E-state index in [1.54, 1.807) is 12.1 Å². The van der Waals surface area contributed by atoms with Gasteiger partial charge in [-0.25, -0.2) is 13.8 Å². The molecule has 0 aliphatic rings. The Hall–Kier alpha value is -1.65. The second-order valence-corrected chi connectivity index (χ2v) is 5.38. The van der Waals surface area contributed by atoms with E-state index in [2.05, 4.69) is 20.9 Å². The molecular formula is C12H6BrF2N3S. The number of aromatic nitrogens is 1. The van der Waals surface area contributed by atoms with E-state index in [-0.39, 0.29) is 16.3 Å². The number of rotatable bonds is 2. The second kappa shape index (κ2) is 5.55. The molecule has 2 N–H and O–H groups in total. The van der Waals surface area contributed by atoms with E-state index in [1.807, 2.05) is 6.07 Å². The van der Waals surface area contributed by atoms with E-state index >= 15 is 0 Å². The summed E-state index contributed by atoms with van der Waals surface area (Å²) >= 11 is 4.04. The third-order valence-electron chi connectivity index (χ3n) is 2.23. The zero-order valence-corrected chi connectivity index (χ0v) is 11.7. The molecule has 2 rings (SSSR count). The molecule has 0 atom stereocenters. The van der Waals surface area contributed by atoms with Gasteiger partial charge in [0.1, 0.15) is 6.07 Å². The number of halogens is 3. The fourth-order valence-corrected chi connectivity index (χ4v) is 2.92. The molecule has 0 fully saturated rings. The van der Waals surface area contributed by atoms with Crippen LogP contribution in [0, 0.1) is 23.0 Å². The van der Waals surface area contributed by atoms with Crippen molar-refractivity contribution in [3.05, 3.63) is 46.2 Å². The molecule has 7 heteroatoms. The lowest BCUT2D eigenvalue weighted by atomic mass is 10.3. The summed E-state index contributed by atoms with van der Waals surface area (Å²) in [6.07, 6.45) is 1.46. The number of nitriles is 1. The van der Waals surface area contributed by atoms with Gasteiger partial charge < -0.3 is 5.73 Å². The molecule has 19 heavy (non-hydrogen) atoms. The van der Waals surface area contributed by atoms with E-state index in [0.29, 0.717) is 9.37 Å².